The summed E-state index contributed by atoms with van der Waals surface area (Å²) in [5.41, 5.74) is 2.21. The van der Waals surface area contributed by atoms with Crippen molar-refractivity contribution in [3.8, 4) is 0 Å². The number of amides is 2. The van der Waals surface area contributed by atoms with Crippen LogP contribution in [0.5, 0.6) is 0 Å². The summed E-state index contributed by atoms with van der Waals surface area (Å²) in [7, 11) is -3.64. The molecule has 1 N–H and O–H groups in total. The standard InChI is InChI=1S/C24H29N3O4S2/c1-3-18-8-4-5-9-20(18)25-23(28)15-27-21-14-19(33(30,31)26-12-6-7-13-26)10-11-22(21)32-16-17(2)24(27)29/h4-5,8-11,14,17H,3,6-7,12-13,15-16H2,1-2H3,(H,25,28). The number of nitrogens with one attached hydrogen (secondary N) is 1. The fourth-order valence-corrected chi connectivity index (χ4v) is 6.78. The molecule has 2 aliphatic rings. The van der Waals surface area contributed by atoms with Crippen LogP contribution in [0.3, 0.4) is 0 Å². The van der Waals surface area contributed by atoms with E-state index in [1.54, 1.807) is 18.2 Å². The molecule has 2 aromatic carbocycles. The van der Waals surface area contributed by atoms with Crippen LogP contribution in [-0.4, -0.2) is 49.9 Å². The van der Waals surface area contributed by atoms with Gasteiger partial charge in [-0.15, -0.1) is 11.8 Å². The minimum atomic E-state index is -3.64. The van der Waals surface area contributed by atoms with Crippen LogP contribution in [0.15, 0.2) is 52.3 Å². The molecule has 0 aromatic heterocycles. The smallest absolute Gasteiger partial charge is 0.244 e. The third-order valence-corrected chi connectivity index (χ3v) is 9.29. The van der Waals surface area contributed by atoms with Crippen molar-refractivity contribution in [2.24, 2.45) is 5.92 Å². The molecule has 1 saturated heterocycles. The van der Waals surface area contributed by atoms with Gasteiger partial charge in [0.05, 0.1) is 10.6 Å². The Bertz CT molecular complexity index is 1160. The molecular formula is C24H29N3O4S2. The van der Waals surface area contributed by atoms with Crippen LogP contribution in [0.1, 0.15) is 32.3 Å². The van der Waals surface area contributed by atoms with Crippen molar-refractivity contribution >= 4 is 45.0 Å². The minimum Gasteiger partial charge on any atom is -0.324 e. The molecule has 0 radical (unpaired) electrons. The van der Waals surface area contributed by atoms with E-state index in [1.165, 1.54) is 21.0 Å². The third-order valence-electron chi connectivity index (χ3n) is 6.07. The average Bonchev–Trinajstić information content (AvgIpc) is 3.33. The van der Waals surface area contributed by atoms with Gasteiger partial charge in [0.1, 0.15) is 6.54 Å². The summed E-state index contributed by atoms with van der Waals surface area (Å²) in [5.74, 6) is -0.226. The fraction of sp³-hybridized carbons (Fsp3) is 0.417. The lowest BCUT2D eigenvalue weighted by atomic mass is 10.1. The SMILES string of the molecule is CCc1ccccc1NC(=O)CN1C(=O)C(C)CSc2ccc(S(=O)(=O)N3CCCC3)cc21. The summed E-state index contributed by atoms with van der Waals surface area (Å²) in [5, 5.41) is 2.92. The van der Waals surface area contributed by atoms with Gasteiger partial charge in [-0.1, -0.05) is 32.0 Å². The van der Waals surface area contributed by atoms with E-state index < -0.39 is 10.0 Å². The number of sulfonamides is 1. The lowest BCUT2D eigenvalue weighted by Crippen LogP contribution is -2.41. The lowest BCUT2D eigenvalue weighted by molar-refractivity contribution is -0.123. The van der Waals surface area contributed by atoms with Crippen molar-refractivity contribution < 1.29 is 18.0 Å². The van der Waals surface area contributed by atoms with E-state index in [4.69, 9.17) is 0 Å². The summed E-state index contributed by atoms with van der Waals surface area (Å²) in [4.78, 5) is 28.6. The number of hydrogen-bond acceptors (Lipinski definition) is 5. The summed E-state index contributed by atoms with van der Waals surface area (Å²) in [6, 6.07) is 12.5. The Morgan fingerprint density at radius 1 is 1.15 bits per heavy atom. The number of anilines is 2. The van der Waals surface area contributed by atoms with Crippen LogP contribution in [-0.2, 0) is 26.0 Å². The molecule has 0 bridgehead atoms. The molecule has 1 atom stereocenters. The van der Waals surface area contributed by atoms with Gasteiger partial charge >= 0.3 is 0 Å². The first-order chi connectivity index (χ1) is 15.8. The number of carbonyl (C=O) groups is 2. The van der Waals surface area contributed by atoms with Gasteiger partial charge in [-0.25, -0.2) is 8.42 Å². The Morgan fingerprint density at radius 3 is 2.61 bits per heavy atom. The van der Waals surface area contributed by atoms with E-state index in [1.807, 2.05) is 38.1 Å². The average molecular weight is 488 g/mol. The minimum absolute atomic E-state index is 0.160. The van der Waals surface area contributed by atoms with Gasteiger partial charge in [-0.3, -0.25) is 9.59 Å². The zero-order chi connectivity index (χ0) is 23.6. The number of benzene rings is 2. The summed E-state index contributed by atoms with van der Waals surface area (Å²) in [6.07, 6.45) is 2.47. The number of aryl methyl sites for hydroxylation is 1. The number of rotatable bonds is 6. The Kier molecular flexibility index (Phi) is 7.11. The Morgan fingerprint density at radius 2 is 1.88 bits per heavy atom. The van der Waals surface area contributed by atoms with Gasteiger partial charge in [0.15, 0.2) is 0 Å². The van der Waals surface area contributed by atoms with Gasteiger partial charge in [0.2, 0.25) is 21.8 Å². The number of hydrogen-bond donors (Lipinski definition) is 1. The Balaban J connectivity index is 1.66. The second-order valence-electron chi connectivity index (χ2n) is 8.44. The van der Waals surface area contributed by atoms with Gasteiger partial charge in [-0.2, -0.15) is 4.31 Å². The second-order valence-corrected chi connectivity index (χ2v) is 11.4. The number of fused-ring (bicyclic) bond motifs is 1. The zero-order valence-corrected chi connectivity index (χ0v) is 20.5. The van der Waals surface area contributed by atoms with Gasteiger partial charge in [-0.05, 0) is 49.1 Å². The molecule has 2 amide bonds. The highest BCUT2D eigenvalue weighted by Crippen LogP contribution is 2.38. The number of carbonyl (C=O) groups excluding carboxylic acids is 2. The molecule has 2 aliphatic heterocycles. The molecule has 4 rings (SSSR count). The Hall–Kier alpha value is -2.36. The molecule has 0 aliphatic carbocycles. The maximum Gasteiger partial charge on any atom is 0.244 e. The molecule has 176 valence electrons. The summed E-state index contributed by atoms with van der Waals surface area (Å²) >= 11 is 1.51. The Labute approximate surface area is 199 Å². The van der Waals surface area contributed by atoms with Crippen molar-refractivity contribution in [3.05, 3.63) is 48.0 Å². The molecule has 2 aromatic rings. The molecule has 7 nitrogen and oxygen atoms in total. The van der Waals surface area contributed by atoms with Crippen LogP contribution in [0.25, 0.3) is 0 Å². The van der Waals surface area contributed by atoms with Crippen molar-refractivity contribution in [3.63, 3.8) is 0 Å². The van der Waals surface area contributed by atoms with Gasteiger partial charge in [0.25, 0.3) is 0 Å². The molecule has 1 fully saturated rings. The van der Waals surface area contributed by atoms with Gasteiger partial charge in [0, 0.05) is 35.3 Å². The van der Waals surface area contributed by atoms with E-state index in [0.29, 0.717) is 24.5 Å². The monoisotopic (exact) mass is 487 g/mol. The molecule has 0 spiro atoms. The van der Waals surface area contributed by atoms with Crippen LogP contribution >= 0.6 is 11.8 Å². The first-order valence-corrected chi connectivity index (χ1v) is 13.7. The maximum absolute atomic E-state index is 13.2. The fourth-order valence-electron chi connectivity index (χ4n) is 4.19. The molecule has 33 heavy (non-hydrogen) atoms. The number of thioether (sulfide) groups is 1. The van der Waals surface area contributed by atoms with E-state index >= 15 is 0 Å². The molecule has 9 heteroatoms. The van der Waals surface area contributed by atoms with Crippen molar-refractivity contribution in [1.29, 1.82) is 0 Å². The number of para-hydroxylation sites is 1. The first-order valence-electron chi connectivity index (χ1n) is 11.3. The largest absolute Gasteiger partial charge is 0.324 e. The molecule has 0 saturated carbocycles. The second kappa shape index (κ2) is 9.87. The van der Waals surface area contributed by atoms with Crippen LogP contribution in [0.4, 0.5) is 11.4 Å². The zero-order valence-electron chi connectivity index (χ0n) is 18.9. The number of nitrogens with zero attached hydrogens (tertiary/aromatic N) is 2. The third kappa shape index (κ3) is 4.95. The predicted molar refractivity (Wildman–Crippen MR) is 131 cm³/mol. The van der Waals surface area contributed by atoms with Crippen molar-refractivity contribution in [1.82, 2.24) is 4.31 Å². The predicted octanol–water partition coefficient (Wildman–Crippen LogP) is 3.75. The van der Waals surface area contributed by atoms with Crippen molar-refractivity contribution in [2.45, 2.75) is 42.9 Å². The molecular weight excluding hydrogens is 458 g/mol. The van der Waals surface area contributed by atoms with E-state index in [9.17, 15) is 18.0 Å². The van der Waals surface area contributed by atoms with Crippen molar-refractivity contribution in [2.75, 3.05) is 35.6 Å². The maximum atomic E-state index is 13.2. The van der Waals surface area contributed by atoms with E-state index in [0.717, 1.165) is 35.4 Å². The highest BCUT2D eigenvalue weighted by molar-refractivity contribution is 7.99. The van der Waals surface area contributed by atoms with Crippen LogP contribution < -0.4 is 10.2 Å². The molecule has 2 heterocycles. The quantitative estimate of drug-likeness (QED) is 0.671. The van der Waals surface area contributed by atoms with E-state index in [-0.39, 0.29) is 29.2 Å². The summed E-state index contributed by atoms with van der Waals surface area (Å²) < 4.78 is 27.7. The summed E-state index contributed by atoms with van der Waals surface area (Å²) in [6.45, 7) is 4.68. The normalized spacial score (nSPS) is 19.3. The topological polar surface area (TPSA) is 86.8 Å². The van der Waals surface area contributed by atoms with Crippen LogP contribution in [0.2, 0.25) is 0 Å². The highest BCUT2D eigenvalue weighted by Gasteiger charge is 2.33. The highest BCUT2D eigenvalue weighted by atomic mass is 32.2. The lowest BCUT2D eigenvalue weighted by Gasteiger charge is -2.25. The van der Waals surface area contributed by atoms with Crippen LogP contribution in [0, 0.1) is 5.92 Å². The first kappa shape index (κ1) is 23.8. The molecule has 1 unspecified atom stereocenters. The van der Waals surface area contributed by atoms with Gasteiger partial charge < -0.3 is 10.2 Å². The van der Waals surface area contributed by atoms with E-state index in [2.05, 4.69) is 5.32 Å².